The van der Waals surface area contributed by atoms with Crippen molar-refractivity contribution < 1.29 is 0 Å². The predicted molar refractivity (Wildman–Crippen MR) is 99.6 cm³/mol. The number of fused-ring (bicyclic) bond motifs is 1. The van der Waals surface area contributed by atoms with E-state index in [1.807, 2.05) is 30.3 Å². The maximum Gasteiger partial charge on any atom is 0.133 e. The molecule has 0 unspecified atom stereocenters. The topological polar surface area (TPSA) is 17.8 Å². The van der Waals surface area contributed by atoms with Crippen molar-refractivity contribution in [2.24, 2.45) is 5.92 Å². The summed E-state index contributed by atoms with van der Waals surface area (Å²) in [5.41, 5.74) is 3.37. The largest absolute Gasteiger partial charge is 0.324 e. The number of rotatable bonds is 5. The van der Waals surface area contributed by atoms with Crippen molar-refractivity contribution in [1.29, 1.82) is 0 Å². The Hall–Kier alpha value is -2.06. The molecule has 0 aliphatic heterocycles. The van der Waals surface area contributed by atoms with Gasteiger partial charge in [-0.05, 0) is 48.2 Å². The highest BCUT2D eigenvalue weighted by Crippen LogP contribution is 2.20. The predicted octanol–water partition coefficient (Wildman–Crippen LogP) is 5.91. The van der Waals surface area contributed by atoms with Gasteiger partial charge in [-0.2, -0.15) is 0 Å². The van der Waals surface area contributed by atoms with E-state index >= 15 is 0 Å². The molecule has 0 aliphatic carbocycles. The van der Waals surface area contributed by atoms with Crippen LogP contribution in [0.25, 0.3) is 23.2 Å². The average Bonchev–Trinajstić information content (AvgIpc) is 2.90. The Labute approximate surface area is 142 Å². The molecule has 1 aromatic heterocycles. The first-order valence-corrected chi connectivity index (χ1v) is 8.40. The summed E-state index contributed by atoms with van der Waals surface area (Å²) in [6.07, 6.45) is 5.31. The number of nitrogens with zero attached hydrogens (tertiary/aromatic N) is 2. The lowest BCUT2D eigenvalue weighted by Gasteiger charge is -2.09. The summed E-state index contributed by atoms with van der Waals surface area (Å²) in [6.45, 7) is 5.49. The van der Waals surface area contributed by atoms with Crippen molar-refractivity contribution in [3.8, 4) is 0 Å². The smallest absolute Gasteiger partial charge is 0.133 e. The molecule has 0 aliphatic rings. The molecule has 3 aromatic rings. The van der Waals surface area contributed by atoms with Gasteiger partial charge in [0.25, 0.3) is 0 Å². The first-order chi connectivity index (χ1) is 11.1. The highest BCUT2D eigenvalue weighted by Gasteiger charge is 2.08. The standard InChI is InChI=1S/C20H21ClN2/c1-15(2)13-14-23-19-6-4-3-5-18(19)22-20(23)12-9-16-7-10-17(21)11-8-16/h3-12,15H,13-14H2,1-2H3/b12-9+. The van der Waals surface area contributed by atoms with E-state index in [1.165, 1.54) is 5.52 Å². The summed E-state index contributed by atoms with van der Waals surface area (Å²) in [6, 6.07) is 16.2. The summed E-state index contributed by atoms with van der Waals surface area (Å²) in [4.78, 5) is 4.77. The van der Waals surface area contributed by atoms with Gasteiger partial charge in [0.2, 0.25) is 0 Å². The number of aryl methyl sites for hydroxylation is 1. The third-order valence-corrected chi connectivity index (χ3v) is 4.16. The van der Waals surface area contributed by atoms with Gasteiger partial charge < -0.3 is 4.57 Å². The molecule has 23 heavy (non-hydrogen) atoms. The molecule has 1 heterocycles. The maximum atomic E-state index is 5.94. The van der Waals surface area contributed by atoms with Gasteiger partial charge in [-0.3, -0.25) is 0 Å². The number of para-hydroxylation sites is 2. The minimum Gasteiger partial charge on any atom is -0.324 e. The number of hydrogen-bond donors (Lipinski definition) is 0. The van der Waals surface area contributed by atoms with Crippen LogP contribution < -0.4 is 0 Å². The molecule has 0 spiro atoms. The van der Waals surface area contributed by atoms with Gasteiger partial charge >= 0.3 is 0 Å². The molecule has 3 rings (SSSR count). The third-order valence-electron chi connectivity index (χ3n) is 3.91. The van der Waals surface area contributed by atoms with Gasteiger partial charge in [0.1, 0.15) is 5.82 Å². The Morgan fingerprint density at radius 2 is 1.78 bits per heavy atom. The molecule has 2 aromatic carbocycles. The normalized spacial score (nSPS) is 11.8. The molecule has 0 saturated carbocycles. The molecule has 118 valence electrons. The van der Waals surface area contributed by atoms with E-state index in [1.54, 1.807) is 0 Å². The van der Waals surface area contributed by atoms with E-state index in [9.17, 15) is 0 Å². The fourth-order valence-electron chi connectivity index (χ4n) is 2.59. The van der Waals surface area contributed by atoms with E-state index in [0.29, 0.717) is 5.92 Å². The lowest BCUT2D eigenvalue weighted by molar-refractivity contribution is 0.521. The van der Waals surface area contributed by atoms with Crippen LogP contribution in [0.5, 0.6) is 0 Å². The molecule has 0 N–H and O–H groups in total. The Morgan fingerprint density at radius 3 is 2.52 bits per heavy atom. The van der Waals surface area contributed by atoms with Crippen LogP contribution in [0.15, 0.2) is 48.5 Å². The SMILES string of the molecule is CC(C)CCn1c(/C=C/c2ccc(Cl)cc2)nc2ccccc21. The number of aromatic nitrogens is 2. The molecule has 2 nitrogen and oxygen atoms in total. The molecular weight excluding hydrogens is 304 g/mol. The quantitative estimate of drug-likeness (QED) is 0.570. The van der Waals surface area contributed by atoms with Crippen LogP contribution >= 0.6 is 11.6 Å². The van der Waals surface area contributed by atoms with E-state index in [4.69, 9.17) is 16.6 Å². The second-order valence-corrected chi connectivity index (χ2v) is 6.61. The molecule has 0 atom stereocenters. The first kappa shape index (κ1) is 15.8. The van der Waals surface area contributed by atoms with Gasteiger partial charge in [0.05, 0.1) is 11.0 Å². The van der Waals surface area contributed by atoms with Crippen molar-refractivity contribution in [3.63, 3.8) is 0 Å². The number of halogens is 1. The second kappa shape index (κ2) is 7.01. The second-order valence-electron chi connectivity index (χ2n) is 6.18. The highest BCUT2D eigenvalue weighted by molar-refractivity contribution is 6.30. The van der Waals surface area contributed by atoms with E-state index in [2.05, 4.69) is 48.8 Å². The lowest BCUT2D eigenvalue weighted by atomic mass is 10.1. The lowest BCUT2D eigenvalue weighted by Crippen LogP contribution is -2.03. The van der Waals surface area contributed by atoms with Crippen LogP contribution in [0.4, 0.5) is 0 Å². The summed E-state index contributed by atoms with van der Waals surface area (Å²) >= 11 is 5.94. The van der Waals surface area contributed by atoms with Gasteiger partial charge in [0.15, 0.2) is 0 Å². The minimum absolute atomic E-state index is 0.671. The highest BCUT2D eigenvalue weighted by atomic mass is 35.5. The number of imidazole rings is 1. The van der Waals surface area contributed by atoms with Gasteiger partial charge in [-0.1, -0.05) is 55.8 Å². The van der Waals surface area contributed by atoms with Crippen LogP contribution in [0.1, 0.15) is 31.7 Å². The number of hydrogen-bond acceptors (Lipinski definition) is 1. The van der Waals surface area contributed by atoms with Crippen LogP contribution in [0.3, 0.4) is 0 Å². The third kappa shape index (κ3) is 3.83. The van der Waals surface area contributed by atoms with Crippen molar-refractivity contribution in [2.45, 2.75) is 26.8 Å². The molecular formula is C20H21ClN2. The fraction of sp³-hybridized carbons (Fsp3) is 0.250. The van der Waals surface area contributed by atoms with Gasteiger partial charge in [-0.15, -0.1) is 0 Å². The summed E-state index contributed by atoms with van der Waals surface area (Å²) < 4.78 is 2.31. The van der Waals surface area contributed by atoms with Gasteiger partial charge in [-0.25, -0.2) is 4.98 Å². The van der Waals surface area contributed by atoms with Crippen LogP contribution in [0.2, 0.25) is 5.02 Å². The molecule has 3 heteroatoms. The molecule has 0 saturated heterocycles. The fourth-order valence-corrected chi connectivity index (χ4v) is 2.71. The van der Waals surface area contributed by atoms with Gasteiger partial charge in [0, 0.05) is 11.6 Å². The van der Waals surface area contributed by atoms with Crippen molar-refractivity contribution >= 4 is 34.8 Å². The summed E-state index contributed by atoms with van der Waals surface area (Å²) in [5, 5.41) is 0.756. The zero-order valence-electron chi connectivity index (χ0n) is 13.5. The maximum absolute atomic E-state index is 5.94. The Kier molecular flexibility index (Phi) is 4.82. The zero-order valence-corrected chi connectivity index (χ0v) is 14.3. The van der Waals surface area contributed by atoms with E-state index < -0.39 is 0 Å². The Morgan fingerprint density at radius 1 is 1.04 bits per heavy atom. The summed E-state index contributed by atoms with van der Waals surface area (Å²) in [7, 11) is 0. The van der Waals surface area contributed by atoms with Crippen molar-refractivity contribution in [2.75, 3.05) is 0 Å². The Balaban J connectivity index is 1.95. The molecule has 0 amide bonds. The monoisotopic (exact) mass is 324 g/mol. The van der Waals surface area contributed by atoms with Crippen LogP contribution in [0, 0.1) is 5.92 Å². The number of benzene rings is 2. The van der Waals surface area contributed by atoms with Crippen LogP contribution in [-0.4, -0.2) is 9.55 Å². The van der Waals surface area contributed by atoms with E-state index in [0.717, 1.165) is 34.9 Å². The van der Waals surface area contributed by atoms with Crippen LogP contribution in [-0.2, 0) is 6.54 Å². The Bertz CT molecular complexity index is 813. The van der Waals surface area contributed by atoms with Crippen molar-refractivity contribution in [1.82, 2.24) is 9.55 Å². The molecule has 0 fully saturated rings. The molecule has 0 radical (unpaired) electrons. The average molecular weight is 325 g/mol. The molecule has 0 bridgehead atoms. The van der Waals surface area contributed by atoms with E-state index in [-0.39, 0.29) is 0 Å². The summed E-state index contributed by atoms with van der Waals surface area (Å²) in [5.74, 6) is 1.67. The minimum atomic E-state index is 0.671. The first-order valence-electron chi connectivity index (χ1n) is 8.02. The zero-order chi connectivity index (χ0) is 16.2. The van der Waals surface area contributed by atoms with Crippen molar-refractivity contribution in [3.05, 3.63) is 64.9 Å².